The van der Waals surface area contributed by atoms with Gasteiger partial charge in [-0.1, -0.05) is 49.4 Å². The minimum atomic E-state index is -3.20. The topological polar surface area (TPSA) is 46.2 Å². The third-order valence-electron chi connectivity index (χ3n) is 3.55. The van der Waals surface area contributed by atoms with Crippen molar-refractivity contribution < 1.29 is 8.42 Å². The molecule has 0 aliphatic rings. The molecule has 0 saturated carbocycles. The monoisotopic (exact) mass is 303 g/mol. The largest absolute Gasteiger partial charge is 0.384 e. The zero-order valence-corrected chi connectivity index (χ0v) is 13.2. The van der Waals surface area contributed by atoms with Crippen LogP contribution in [0.3, 0.4) is 0 Å². The van der Waals surface area contributed by atoms with Gasteiger partial charge in [-0.05, 0) is 30.0 Å². The van der Waals surface area contributed by atoms with Gasteiger partial charge in [0, 0.05) is 12.8 Å². The van der Waals surface area contributed by atoms with E-state index in [-0.39, 0.29) is 0 Å². The summed E-state index contributed by atoms with van der Waals surface area (Å²) in [5.74, 6) is 0.434. The molecule has 1 atom stereocenters. The molecule has 2 rings (SSSR count). The molecule has 0 heterocycles. The molecule has 1 N–H and O–H groups in total. The summed E-state index contributed by atoms with van der Waals surface area (Å²) >= 11 is 0. The van der Waals surface area contributed by atoms with Gasteiger partial charge >= 0.3 is 0 Å². The first-order chi connectivity index (χ1) is 9.98. The Labute approximate surface area is 126 Å². The van der Waals surface area contributed by atoms with Crippen molar-refractivity contribution in [2.24, 2.45) is 0 Å². The normalized spacial score (nSPS) is 12.9. The van der Waals surface area contributed by atoms with E-state index in [1.54, 1.807) is 12.1 Å². The number of nitrogens with one attached hydrogen (secondary N) is 1. The molecule has 0 aliphatic carbocycles. The Morgan fingerprint density at radius 1 is 1.00 bits per heavy atom. The van der Waals surface area contributed by atoms with Gasteiger partial charge in [-0.15, -0.1) is 0 Å². The lowest BCUT2D eigenvalue weighted by Crippen LogP contribution is -2.09. The number of rotatable bonds is 6. The third-order valence-corrected chi connectivity index (χ3v) is 4.70. The molecule has 0 aromatic heterocycles. The Balaban J connectivity index is 1.99. The highest BCUT2D eigenvalue weighted by atomic mass is 32.2. The number of sulfone groups is 1. The molecule has 0 amide bonds. The fourth-order valence-corrected chi connectivity index (χ4v) is 3.17. The number of hydrogen-bond donors (Lipinski definition) is 1. The van der Waals surface area contributed by atoms with Crippen LogP contribution in [0.2, 0.25) is 0 Å². The predicted molar refractivity (Wildman–Crippen MR) is 87.5 cm³/mol. The standard InChI is InChI=1S/C17H21NO2S/c1-14(15-8-4-3-5-9-15)12-13-18-16-10-6-7-11-17(16)21(2,19)20/h3-11,14,18H,12-13H2,1-2H3. The van der Waals surface area contributed by atoms with Gasteiger partial charge in [-0.25, -0.2) is 8.42 Å². The van der Waals surface area contributed by atoms with Crippen molar-refractivity contribution in [1.29, 1.82) is 0 Å². The zero-order valence-electron chi connectivity index (χ0n) is 12.4. The van der Waals surface area contributed by atoms with Crippen LogP contribution < -0.4 is 5.32 Å². The second-order valence-corrected chi connectivity index (χ2v) is 7.28. The van der Waals surface area contributed by atoms with Gasteiger partial charge in [0.25, 0.3) is 0 Å². The number of anilines is 1. The van der Waals surface area contributed by atoms with E-state index >= 15 is 0 Å². The van der Waals surface area contributed by atoms with Gasteiger partial charge in [-0.3, -0.25) is 0 Å². The maximum Gasteiger partial charge on any atom is 0.177 e. The van der Waals surface area contributed by atoms with Crippen LogP contribution in [0.15, 0.2) is 59.5 Å². The van der Waals surface area contributed by atoms with E-state index in [1.165, 1.54) is 11.8 Å². The van der Waals surface area contributed by atoms with Crippen LogP contribution in [0, 0.1) is 0 Å². The molecule has 112 valence electrons. The Hall–Kier alpha value is -1.81. The molecule has 2 aromatic carbocycles. The Kier molecular flexibility index (Phi) is 5.02. The van der Waals surface area contributed by atoms with E-state index in [1.807, 2.05) is 30.3 Å². The molecule has 1 unspecified atom stereocenters. The molecule has 0 fully saturated rings. The van der Waals surface area contributed by atoms with Gasteiger partial charge in [0.1, 0.15) is 0 Å². The molecular weight excluding hydrogens is 282 g/mol. The zero-order chi connectivity index (χ0) is 15.3. The fourth-order valence-electron chi connectivity index (χ4n) is 2.31. The first kappa shape index (κ1) is 15.6. The molecule has 21 heavy (non-hydrogen) atoms. The van der Waals surface area contributed by atoms with Crippen molar-refractivity contribution in [2.75, 3.05) is 18.1 Å². The number of para-hydroxylation sites is 1. The van der Waals surface area contributed by atoms with Crippen molar-refractivity contribution in [1.82, 2.24) is 0 Å². The lowest BCUT2D eigenvalue weighted by molar-refractivity contribution is 0.602. The number of hydrogen-bond acceptors (Lipinski definition) is 3. The van der Waals surface area contributed by atoms with Crippen molar-refractivity contribution in [3.05, 3.63) is 60.2 Å². The Morgan fingerprint density at radius 2 is 1.62 bits per heavy atom. The minimum absolute atomic E-state index is 0.359. The van der Waals surface area contributed by atoms with Crippen LogP contribution in [-0.2, 0) is 9.84 Å². The van der Waals surface area contributed by atoms with Crippen molar-refractivity contribution in [2.45, 2.75) is 24.2 Å². The van der Waals surface area contributed by atoms with Crippen molar-refractivity contribution >= 4 is 15.5 Å². The highest BCUT2D eigenvalue weighted by molar-refractivity contribution is 7.90. The SMILES string of the molecule is CC(CCNc1ccccc1S(C)(=O)=O)c1ccccc1. The van der Waals surface area contributed by atoms with Crippen molar-refractivity contribution in [3.63, 3.8) is 0 Å². The molecule has 0 aliphatic heterocycles. The summed E-state index contributed by atoms with van der Waals surface area (Å²) in [5.41, 5.74) is 1.98. The first-order valence-electron chi connectivity index (χ1n) is 7.06. The summed E-state index contributed by atoms with van der Waals surface area (Å²) in [7, 11) is -3.20. The summed E-state index contributed by atoms with van der Waals surface area (Å²) in [5, 5.41) is 3.24. The van der Waals surface area contributed by atoms with Gasteiger partial charge in [0.05, 0.1) is 10.6 Å². The average molecular weight is 303 g/mol. The van der Waals surface area contributed by atoms with Crippen LogP contribution in [0.4, 0.5) is 5.69 Å². The summed E-state index contributed by atoms with van der Waals surface area (Å²) in [6, 6.07) is 17.4. The molecule has 2 aromatic rings. The summed E-state index contributed by atoms with van der Waals surface area (Å²) in [6.45, 7) is 2.92. The third kappa shape index (κ3) is 4.33. The summed E-state index contributed by atoms with van der Waals surface area (Å²) < 4.78 is 23.5. The molecule has 0 saturated heterocycles. The van der Waals surface area contributed by atoms with E-state index < -0.39 is 9.84 Å². The van der Waals surface area contributed by atoms with Gasteiger partial charge in [0.15, 0.2) is 9.84 Å². The van der Waals surface area contributed by atoms with Crippen LogP contribution in [0.1, 0.15) is 24.8 Å². The molecule has 4 heteroatoms. The van der Waals surface area contributed by atoms with Crippen LogP contribution >= 0.6 is 0 Å². The van der Waals surface area contributed by atoms with E-state index in [4.69, 9.17) is 0 Å². The molecule has 3 nitrogen and oxygen atoms in total. The number of benzene rings is 2. The predicted octanol–water partition coefficient (Wildman–Crippen LogP) is 3.70. The highest BCUT2D eigenvalue weighted by Gasteiger charge is 2.12. The van der Waals surface area contributed by atoms with Gasteiger partial charge < -0.3 is 5.32 Å². The molecule has 0 bridgehead atoms. The average Bonchev–Trinajstić information content (AvgIpc) is 2.47. The van der Waals surface area contributed by atoms with Gasteiger partial charge in [0.2, 0.25) is 0 Å². The van der Waals surface area contributed by atoms with E-state index in [9.17, 15) is 8.42 Å². The van der Waals surface area contributed by atoms with E-state index in [0.717, 1.165) is 13.0 Å². The quantitative estimate of drug-likeness (QED) is 0.885. The molecule has 0 radical (unpaired) electrons. The van der Waals surface area contributed by atoms with E-state index in [0.29, 0.717) is 16.5 Å². The summed E-state index contributed by atoms with van der Waals surface area (Å²) in [4.78, 5) is 0.359. The smallest absolute Gasteiger partial charge is 0.177 e. The molecule has 0 spiro atoms. The maximum atomic E-state index is 11.7. The van der Waals surface area contributed by atoms with Crippen LogP contribution in [-0.4, -0.2) is 21.2 Å². The van der Waals surface area contributed by atoms with Crippen LogP contribution in [0.5, 0.6) is 0 Å². The highest BCUT2D eigenvalue weighted by Crippen LogP contribution is 2.22. The minimum Gasteiger partial charge on any atom is -0.384 e. The Bertz CT molecular complexity index is 681. The maximum absolute atomic E-state index is 11.7. The molecular formula is C17H21NO2S. The second-order valence-electron chi connectivity index (χ2n) is 5.30. The lowest BCUT2D eigenvalue weighted by Gasteiger charge is -2.14. The van der Waals surface area contributed by atoms with Gasteiger partial charge in [-0.2, -0.15) is 0 Å². The Morgan fingerprint density at radius 3 is 2.29 bits per heavy atom. The van der Waals surface area contributed by atoms with E-state index in [2.05, 4.69) is 24.4 Å². The first-order valence-corrected chi connectivity index (χ1v) is 8.95. The van der Waals surface area contributed by atoms with Crippen LogP contribution in [0.25, 0.3) is 0 Å². The van der Waals surface area contributed by atoms with Crippen molar-refractivity contribution in [3.8, 4) is 0 Å². The lowest BCUT2D eigenvalue weighted by atomic mass is 9.98. The summed E-state index contributed by atoms with van der Waals surface area (Å²) in [6.07, 6.45) is 2.18. The fraction of sp³-hybridized carbons (Fsp3) is 0.294. The second kappa shape index (κ2) is 6.76.